The van der Waals surface area contributed by atoms with Crippen molar-refractivity contribution in [3.8, 4) is 11.8 Å². The van der Waals surface area contributed by atoms with E-state index in [1.807, 2.05) is 18.2 Å². The molecule has 2 atom stereocenters. The lowest BCUT2D eigenvalue weighted by atomic mass is 10.0. The van der Waals surface area contributed by atoms with Gasteiger partial charge < -0.3 is 29.4 Å². The van der Waals surface area contributed by atoms with Gasteiger partial charge in [-0.15, -0.1) is 0 Å². The van der Waals surface area contributed by atoms with Crippen molar-refractivity contribution in [1.29, 1.82) is 5.26 Å². The van der Waals surface area contributed by atoms with E-state index in [1.165, 1.54) is 11.3 Å². The predicted molar refractivity (Wildman–Crippen MR) is 187 cm³/mol. The highest BCUT2D eigenvalue weighted by atomic mass is 16.5. The molecule has 3 aromatic carbocycles. The molecule has 0 bridgehead atoms. The topological polar surface area (TPSA) is 112 Å². The number of likely N-dealkylation sites (tertiary alicyclic amines) is 1. The number of benzene rings is 3. The molecule has 0 saturated carbocycles. The average molecular weight is 647 g/mol. The van der Waals surface area contributed by atoms with E-state index in [9.17, 15) is 15.2 Å². The molecule has 1 N–H and O–H groups in total. The van der Waals surface area contributed by atoms with E-state index in [2.05, 4.69) is 88.3 Å². The molecule has 4 aromatic rings. The number of ether oxygens (including phenoxy) is 1. The molecule has 4 heterocycles. The normalized spacial score (nSPS) is 19.6. The lowest BCUT2D eigenvalue weighted by molar-refractivity contribution is 0.130. The van der Waals surface area contributed by atoms with E-state index >= 15 is 0 Å². The summed E-state index contributed by atoms with van der Waals surface area (Å²) in [5, 5.41) is 21.8. The summed E-state index contributed by atoms with van der Waals surface area (Å²) in [6, 6.07) is 24.7. The number of likely N-dealkylation sites (N-methyl/N-ethyl adjacent to an activating group) is 2. The first-order valence-electron chi connectivity index (χ1n) is 16.8. The first-order valence-corrected chi connectivity index (χ1v) is 16.8. The Bertz CT molecular complexity index is 1830. The zero-order valence-electron chi connectivity index (χ0n) is 27.6. The van der Waals surface area contributed by atoms with Gasteiger partial charge in [0.25, 0.3) is 0 Å². The number of nitriles is 1. The lowest BCUT2D eigenvalue weighted by Gasteiger charge is -2.40. The lowest BCUT2D eigenvalue weighted by Crippen LogP contribution is -2.55. The molecule has 0 spiro atoms. The summed E-state index contributed by atoms with van der Waals surface area (Å²) in [4.78, 5) is 32.4. The fourth-order valence-corrected chi connectivity index (χ4v) is 7.31. The summed E-state index contributed by atoms with van der Waals surface area (Å²) in [5.41, 5.74) is 4.25. The molecular formula is C37H42N8O3. The Morgan fingerprint density at radius 2 is 1.85 bits per heavy atom. The van der Waals surface area contributed by atoms with Gasteiger partial charge in [0.15, 0.2) is 0 Å². The zero-order chi connectivity index (χ0) is 33.2. The van der Waals surface area contributed by atoms with Crippen LogP contribution < -0.4 is 19.4 Å². The number of fused-ring (bicyclic) bond motifs is 2. The largest absolute Gasteiger partial charge is 0.489 e. The molecule has 0 radical (unpaired) electrons. The molecule has 2 fully saturated rings. The van der Waals surface area contributed by atoms with Crippen molar-refractivity contribution in [2.45, 2.75) is 44.5 Å². The van der Waals surface area contributed by atoms with Crippen molar-refractivity contribution < 1.29 is 14.6 Å². The number of anilines is 3. The molecular weight excluding hydrogens is 604 g/mol. The summed E-state index contributed by atoms with van der Waals surface area (Å²) < 4.78 is 6.33. The summed E-state index contributed by atoms with van der Waals surface area (Å²) in [7, 11) is 4.23. The highest BCUT2D eigenvalue weighted by Gasteiger charge is 2.34. The van der Waals surface area contributed by atoms with E-state index in [-0.39, 0.29) is 13.1 Å². The second-order valence-electron chi connectivity index (χ2n) is 13.1. The highest BCUT2D eigenvalue weighted by molar-refractivity contribution is 5.96. The van der Waals surface area contributed by atoms with Crippen LogP contribution in [0, 0.1) is 11.3 Å². The van der Waals surface area contributed by atoms with Crippen LogP contribution in [0.2, 0.25) is 0 Å². The van der Waals surface area contributed by atoms with Crippen molar-refractivity contribution in [3.05, 3.63) is 83.6 Å². The molecule has 1 aromatic heterocycles. The van der Waals surface area contributed by atoms with E-state index in [4.69, 9.17) is 14.7 Å². The van der Waals surface area contributed by atoms with Crippen LogP contribution >= 0.6 is 0 Å². The number of piperazine rings is 1. The molecule has 48 heavy (non-hydrogen) atoms. The van der Waals surface area contributed by atoms with Gasteiger partial charge in [-0.1, -0.05) is 54.6 Å². The Balaban J connectivity index is 1.23. The third kappa shape index (κ3) is 6.40. The number of amides is 1. The highest BCUT2D eigenvalue weighted by Crippen LogP contribution is 2.37. The van der Waals surface area contributed by atoms with Crippen molar-refractivity contribution in [2.24, 2.45) is 0 Å². The number of carbonyl (C=O) groups is 1. The van der Waals surface area contributed by atoms with Crippen LogP contribution in [-0.4, -0.2) is 96.4 Å². The van der Waals surface area contributed by atoms with Gasteiger partial charge in [0, 0.05) is 62.0 Å². The molecule has 11 nitrogen and oxygen atoms in total. The van der Waals surface area contributed by atoms with E-state index in [0.717, 1.165) is 77.3 Å². The Kier molecular flexibility index (Phi) is 8.91. The minimum absolute atomic E-state index is 0.248. The molecule has 3 aliphatic heterocycles. The summed E-state index contributed by atoms with van der Waals surface area (Å²) in [6.07, 6.45) is 1.99. The second kappa shape index (κ2) is 13.6. The smallest absolute Gasteiger partial charge is 0.408 e. The molecule has 7 rings (SSSR count). The maximum absolute atomic E-state index is 11.8. The maximum atomic E-state index is 11.8. The fraction of sp³-hybridized carbons (Fsp3) is 0.405. The molecule has 2 saturated heterocycles. The van der Waals surface area contributed by atoms with Crippen molar-refractivity contribution in [3.63, 3.8) is 0 Å². The minimum atomic E-state index is -1.06. The number of hydrogen-bond acceptors (Lipinski definition) is 9. The van der Waals surface area contributed by atoms with Crippen LogP contribution in [0.4, 0.5) is 22.2 Å². The van der Waals surface area contributed by atoms with Gasteiger partial charge in [-0.25, -0.2) is 9.78 Å². The van der Waals surface area contributed by atoms with Crippen LogP contribution in [0.5, 0.6) is 5.75 Å². The van der Waals surface area contributed by atoms with Crippen molar-refractivity contribution >= 4 is 34.3 Å². The first-order chi connectivity index (χ1) is 23.4. The van der Waals surface area contributed by atoms with E-state index < -0.39 is 12.1 Å². The van der Waals surface area contributed by atoms with Crippen LogP contribution in [0.1, 0.15) is 29.7 Å². The van der Waals surface area contributed by atoms with Gasteiger partial charge in [-0.2, -0.15) is 10.2 Å². The van der Waals surface area contributed by atoms with Gasteiger partial charge >= 0.3 is 6.09 Å². The van der Waals surface area contributed by atoms with Gasteiger partial charge in [0.1, 0.15) is 24.2 Å². The standard InChI is InChI=1S/C37H42N8O3/c1-41-15-8-12-28(41)22-42(2)36-39-33-24-43(16-14-32(33)35(40-36)44-17-18-45(37(46)47)29(21-38)23-44)34-20-30(19-27-11-6-7-13-31(27)34)48-25-26-9-4-3-5-10-26/h3-7,9-11,13,19-20,28-29H,8,12,14-18,22-25H2,1-2H3,(H,46,47)/t28-,29?/m0/s1. The average Bonchev–Trinajstić information content (AvgIpc) is 3.53. The molecule has 1 unspecified atom stereocenters. The number of hydrogen-bond donors (Lipinski definition) is 1. The Labute approximate surface area is 281 Å². The molecule has 248 valence electrons. The molecule has 0 aliphatic carbocycles. The summed E-state index contributed by atoms with van der Waals surface area (Å²) in [5.74, 6) is 2.29. The minimum Gasteiger partial charge on any atom is -0.489 e. The van der Waals surface area contributed by atoms with Gasteiger partial charge in [0.2, 0.25) is 5.95 Å². The van der Waals surface area contributed by atoms with E-state index in [1.54, 1.807) is 0 Å². The molecule has 1 amide bonds. The van der Waals surface area contributed by atoms with Crippen LogP contribution in [0.15, 0.2) is 66.7 Å². The summed E-state index contributed by atoms with van der Waals surface area (Å²) in [6.45, 7) is 4.74. The Morgan fingerprint density at radius 1 is 1.04 bits per heavy atom. The van der Waals surface area contributed by atoms with Crippen LogP contribution in [-0.2, 0) is 19.6 Å². The van der Waals surface area contributed by atoms with Crippen molar-refractivity contribution in [1.82, 2.24) is 19.8 Å². The predicted octanol–water partition coefficient (Wildman–Crippen LogP) is 4.99. The third-order valence-corrected chi connectivity index (χ3v) is 10.0. The zero-order valence-corrected chi connectivity index (χ0v) is 27.6. The number of carboxylic acid groups (broad SMARTS) is 1. The SMILES string of the molecule is CN(C[C@@H]1CCCN1C)c1nc2c(c(N3CCN(C(=O)O)C(C#N)C3)n1)CCN(c1cc(OCc3ccccc3)cc3ccccc13)C2. The third-order valence-electron chi connectivity index (χ3n) is 10.0. The molecule has 11 heteroatoms. The fourth-order valence-electron chi connectivity index (χ4n) is 7.31. The molecule has 3 aliphatic rings. The summed E-state index contributed by atoms with van der Waals surface area (Å²) >= 11 is 0. The van der Waals surface area contributed by atoms with Gasteiger partial charge in [0.05, 0.1) is 24.9 Å². The van der Waals surface area contributed by atoms with Gasteiger partial charge in [-0.3, -0.25) is 4.90 Å². The van der Waals surface area contributed by atoms with Crippen LogP contribution in [0.25, 0.3) is 10.8 Å². The first kappa shape index (κ1) is 31.5. The monoisotopic (exact) mass is 646 g/mol. The van der Waals surface area contributed by atoms with Gasteiger partial charge in [-0.05, 0) is 49.9 Å². The maximum Gasteiger partial charge on any atom is 0.408 e. The Morgan fingerprint density at radius 3 is 2.62 bits per heavy atom. The van der Waals surface area contributed by atoms with E-state index in [0.29, 0.717) is 31.7 Å². The quantitative estimate of drug-likeness (QED) is 0.281. The number of aromatic nitrogens is 2. The van der Waals surface area contributed by atoms with Crippen molar-refractivity contribution in [2.75, 3.05) is 68.1 Å². The van der Waals surface area contributed by atoms with Crippen LogP contribution in [0.3, 0.4) is 0 Å². The second-order valence-corrected chi connectivity index (χ2v) is 13.1. The number of rotatable bonds is 8. The number of nitrogens with zero attached hydrogens (tertiary/aromatic N) is 8. The Hall–Kier alpha value is -5.08.